The van der Waals surface area contributed by atoms with Gasteiger partial charge in [-0.1, -0.05) is 12.1 Å². The molecule has 3 rings (SSSR count). The third kappa shape index (κ3) is 4.99. The van der Waals surface area contributed by atoms with Crippen LogP contribution in [0.4, 0.5) is 10.7 Å². The Labute approximate surface area is 169 Å². The lowest BCUT2D eigenvalue weighted by atomic mass is 10.2. The summed E-state index contributed by atoms with van der Waals surface area (Å²) in [6.45, 7) is 5.01. The molecule has 1 heterocycles. The van der Waals surface area contributed by atoms with Crippen molar-refractivity contribution in [3.8, 4) is 0 Å². The topological polar surface area (TPSA) is 92.3 Å². The fourth-order valence-corrected chi connectivity index (χ4v) is 4.32. The van der Waals surface area contributed by atoms with Crippen LogP contribution in [0.5, 0.6) is 0 Å². The number of benzene rings is 1. The van der Waals surface area contributed by atoms with Gasteiger partial charge < -0.3 is 10.6 Å². The van der Waals surface area contributed by atoms with Gasteiger partial charge in [0.05, 0.1) is 20.4 Å². The maximum atomic E-state index is 12.5. The summed E-state index contributed by atoms with van der Waals surface area (Å²) in [6, 6.07) is 10.2. The molecule has 0 bridgehead atoms. The molecule has 2 N–H and O–H groups in total. The molecule has 0 atom stereocenters. The van der Waals surface area contributed by atoms with Crippen LogP contribution in [0.2, 0.25) is 0 Å². The van der Waals surface area contributed by atoms with Crippen LogP contribution in [-0.4, -0.2) is 25.0 Å². The summed E-state index contributed by atoms with van der Waals surface area (Å²) in [5, 5.41) is 6.26. The summed E-state index contributed by atoms with van der Waals surface area (Å²) in [5.74, 6) is -0.280. The first kappa shape index (κ1) is 20.5. The van der Waals surface area contributed by atoms with E-state index in [0.29, 0.717) is 21.1 Å². The Morgan fingerprint density at radius 1 is 1.11 bits per heavy atom. The molecule has 1 fully saturated rings. The van der Waals surface area contributed by atoms with Crippen molar-refractivity contribution in [3.63, 3.8) is 0 Å². The number of sulfone groups is 1. The van der Waals surface area contributed by atoms with E-state index in [1.807, 2.05) is 0 Å². The van der Waals surface area contributed by atoms with E-state index in [9.17, 15) is 18.0 Å². The molecule has 1 aromatic carbocycles. The highest BCUT2D eigenvalue weighted by Gasteiger charge is 2.30. The van der Waals surface area contributed by atoms with Crippen LogP contribution in [0.25, 0.3) is 0 Å². The van der Waals surface area contributed by atoms with Crippen molar-refractivity contribution in [1.29, 1.82) is 0 Å². The van der Waals surface area contributed by atoms with Crippen molar-refractivity contribution < 1.29 is 18.0 Å². The summed E-state index contributed by atoms with van der Waals surface area (Å²) < 4.78 is 24.0. The highest BCUT2D eigenvalue weighted by molar-refractivity contribution is 7.91. The molecule has 1 aliphatic carbocycles. The van der Waals surface area contributed by atoms with Gasteiger partial charge >= 0.3 is 0 Å². The first-order chi connectivity index (χ1) is 13.0. The molecule has 1 saturated carbocycles. The molecule has 1 aliphatic rings. The molecule has 28 heavy (non-hydrogen) atoms. The predicted octanol–water partition coefficient (Wildman–Crippen LogP) is 4.06. The summed E-state index contributed by atoms with van der Waals surface area (Å²) >= 11 is 1.21. The first-order valence-electron chi connectivity index (χ1n) is 9.08. The van der Waals surface area contributed by atoms with E-state index in [4.69, 9.17) is 0 Å². The maximum Gasteiger partial charge on any atom is 0.265 e. The number of carbonyl (C=O) groups is 2. The Morgan fingerprint density at radius 3 is 2.46 bits per heavy atom. The zero-order valence-electron chi connectivity index (χ0n) is 16.1. The summed E-state index contributed by atoms with van der Waals surface area (Å²) in [5.41, 5.74) is 1.15. The van der Waals surface area contributed by atoms with Gasteiger partial charge in [-0.25, -0.2) is 8.42 Å². The van der Waals surface area contributed by atoms with Crippen LogP contribution in [0.1, 0.15) is 48.8 Å². The van der Waals surface area contributed by atoms with Gasteiger partial charge in [0.1, 0.15) is 0 Å². The van der Waals surface area contributed by atoms with Crippen molar-refractivity contribution in [1.82, 2.24) is 0 Å². The van der Waals surface area contributed by atoms with E-state index < -0.39 is 14.6 Å². The van der Waals surface area contributed by atoms with Crippen LogP contribution >= 0.6 is 11.3 Å². The smallest absolute Gasteiger partial charge is 0.265 e. The second kappa shape index (κ2) is 7.67. The molecule has 0 saturated heterocycles. The minimum atomic E-state index is -3.31. The lowest BCUT2D eigenvalue weighted by Crippen LogP contribution is -2.29. The van der Waals surface area contributed by atoms with Crippen LogP contribution in [0, 0.1) is 5.92 Å². The van der Waals surface area contributed by atoms with Gasteiger partial charge in [0.25, 0.3) is 5.91 Å². The van der Waals surface area contributed by atoms with E-state index in [1.54, 1.807) is 57.2 Å². The van der Waals surface area contributed by atoms with Crippen molar-refractivity contribution in [3.05, 3.63) is 46.8 Å². The highest BCUT2D eigenvalue weighted by Crippen LogP contribution is 2.32. The van der Waals surface area contributed by atoms with Crippen LogP contribution in [0.15, 0.2) is 36.4 Å². The van der Waals surface area contributed by atoms with Crippen LogP contribution in [-0.2, 0) is 20.4 Å². The molecule has 2 aromatic rings. The molecule has 0 radical (unpaired) electrons. The monoisotopic (exact) mass is 420 g/mol. The quantitative estimate of drug-likeness (QED) is 0.737. The standard InChI is InChI=1S/C20H24N2O4S2/c1-20(2,3)28(25,26)12-13-5-4-6-15(11-13)21-19(24)16-9-10-17(27-16)22-18(23)14-7-8-14/h4-6,9-11,14H,7-8,12H2,1-3H3,(H,21,24)(H,22,23). The normalized spacial score (nSPS) is 14.5. The van der Waals surface area contributed by atoms with E-state index >= 15 is 0 Å². The third-order valence-electron chi connectivity index (χ3n) is 4.50. The molecule has 0 spiro atoms. The third-order valence-corrected chi connectivity index (χ3v) is 8.08. The molecular formula is C20H24N2O4S2. The average molecular weight is 421 g/mol. The minimum absolute atomic E-state index is 0.00145. The SMILES string of the molecule is CC(C)(C)S(=O)(=O)Cc1cccc(NC(=O)c2ccc(NC(=O)C3CC3)s2)c1. The van der Waals surface area contributed by atoms with E-state index in [0.717, 1.165) is 12.8 Å². The summed E-state index contributed by atoms with van der Waals surface area (Å²) in [6.07, 6.45) is 1.84. The Balaban J connectivity index is 1.66. The van der Waals surface area contributed by atoms with Crippen LogP contribution < -0.4 is 10.6 Å². The van der Waals surface area contributed by atoms with Gasteiger partial charge in [0.15, 0.2) is 9.84 Å². The Kier molecular flexibility index (Phi) is 5.63. The van der Waals surface area contributed by atoms with E-state index in [-0.39, 0.29) is 23.5 Å². The largest absolute Gasteiger partial charge is 0.321 e. The Bertz CT molecular complexity index is 999. The van der Waals surface area contributed by atoms with Crippen LogP contribution in [0.3, 0.4) is 0 Å². The fourth-order valence-electron chi connectivity index (χ4n) is 2.46. The lowest BCUT2D eigenvalue weighted by Gasteiger charge is -2.19. The highest BCUT2D eigenvalue weighted by atomic mass is 32.2. The number of thiophene rings is 1. The molecule has 8 heteroatoms. The summed E-state index contributed by atoms with van der Waals surface area (Å²) in [7, 11) is -3.31. The minimum Gasteiger partial charge on any atom is -0.321 e. The van der Waals surface area contributed by atoms with Crippen molar-refractivity contribution in [2.24, 2.45) is 5.92 Å². The molecule has 0 unspecified atom stereocenters. The van der Waals surface area contributed by atoms with Gasteiger partial charge in [-0.2, -0.15) is 0 Å². The van der Waals surface area contributed by atoms with E-state index in [2.05, 4.69) is 10.6 Å². The molecule has 0 aliphatic heterocycles. The molecule has 6 nitrogen and oxygen atoms in total. The van der Waals surface area contributed by atoms with Crippen molar-refractivity contribution >= 4 is 43.7 Å². The number of amides is 2. The zero-order valence-corrected chi connectivity index (χ0v) is 17.7. The van der Waals surface area contributed by atoms with Gasteiger partial charge in [-0.3, -0.25) is 9.59 Å². The van der Waals surface area contributed by atoms with Crippen molar-refractivity contribution in [2.45, 2.75) is 44.1 Å². The molecular weight excluding hydrogens is 396 g/mol. The number of nitrogens with one attached hydrogen (secondary N) is 2. The average Bonchev–Trinajstić information content (AvgIpc) is 3.33. The Hall–Kier alpha value is -2.19. The van der Waals surface area contributed by atoms with Gasteiger partial charge in [0.2, 0.25) is 5.91 Å². The van der Waals surface area contributed by atoms with E-state index in [1.165, 1.54) is 11.3 Å². The first-order valence-corrected chi connectivity index (χ1v) is 11.6. The zero-order chi connectivity index (χ0) is 20.5. The second-order valence-electron chi connectivity index (χ2n) is 7.95. The lowest BCUT2D eigenvalue weighted by molar-refractivity contribution is -0.117. The molecule has 1 aromatic heterocycles. The number of hydrogen-bond donors (Lipinski definition) is 2. The molecule has 150 valence electrons. The fraction of sp³-hybridized carbons (Fsp3) is 0.400. The van der Waals surface area contributed by atoms with Gasteiger partial charge in [-0.05, 0) is 63.4 Å². The molecule has 2 amide bonds. The van der Waals surface area contributed by atoms with Crippen molar-refractivity contribution in [2.75, 3.05) is 10.6 Å². The van der Waals surface area contributed by atoms with Gasteiger partial charge in [-0.15, -0.1) is 11.3 Å². The number of anilines is 2. The Morgan fingerprint density at radius 2 is 1.82 bits per heavy atom. The van der Waals surface area contributed by atoms with Gasteiger partial charge in [0, 0.05) is 11.6 Å². The number of rotatable bonds is 6. The second-order valence-corrected chi connectivity index (χ2v) is 11.8. The maximum absolute atomic E-state index is 12.5. The predicted molar refractivity (Wildman–Crippen MR) is 112 cm³/mol. The summed E-state index contributed by atoms with van der Waals surface area (Å²) in [4.78, 5) is 24.8. The number of hydrogen-bond acceptors (Lipinski definition) is 5. The number of carbonyl (C=O) groups excluding carboxylic acids is 2.